The normalized spacial score (nSPS) is 24.4. The molecule has 0 aromatic carbocycles. The molecule has 0 spiro atoms. The Morgan fingerprint density at radius 3 is 2.92 bits per heavy atom. The molecule has 2 N–H and O–H groups in total. The smallest absolute Gasteiger partial charge is 0.265 e. The summed E-state index contributed by atoms with van der Waals surface area (Å²) in [4.78, 5) is 16.2. The second kappa shape index (κ2) is 4.55. The zero-order valence-electron chi connectivity index (χ0n) is 8.03. The van der Waals surface area contributed by atoms with Gasteiger partial charge in [-0.2, -0.15) is 0 Å². The summed E-state index contributed by atoms with van der Waals surface area (Å²) >= 11 is 0. The predicted octanol–water partition coefficient (Wildman–Crippen LogP) is -0.487. The fraction of sp³-hybridized carbons (Fsp3) is 0.875. The number of carbonyl (C=O) groups is 1. The second-order valence-electron chi connectivity index (χ2n) is 3.10. The molecule has 0 aliphatic carbocycles. The third kappa shape index (κ3) is 2.40. The summed E-state index contributed by atoms with van der Waals surface area (Å²) in [6.45, 7) is 0.697. The molecule has 1 fully saturated rings. The van der Waals surface area contributed by atoms with Crippen molar-refractivity contribution >= 4 is 5.91 Å². The van der Waals surface area contributed by atoms with E-state index < -0.39 is 6.04 Å². The predicted molar refractivity (Wildman–Crippen MR) is 46.7 cm³/mol. The van der Waals surface area contributed by atoms with Crippen molar-refractivity contribution in [3.05, 3.63) is 0 Å². The summed E-state index contributed by atoms with van der Waals surface area (Å²) in [5.74, 6) is -0.241. The van der Waals surface area contributed by atoms with Crippen molar-refractivity contribution in [3.8, 4) is 0 Å². The molecule has 5 nitrogen and oxygen atoms in total. The van der Waals surface area contributed by atoms with Gasteiger partial charge in [0.2, 0.25) is 0 Å². The molecule has 2 atom stereocenters. The number of nitrogens with zero attached hydrogens (tertiary/aromatic N) is 1. The van der Waals surface area contributed by atoms with Gasteiger partial charge >= 0.3 is 0 Å². The molecule has 0 aromatic heterocycles. The molecule has 1 saturated heterocycles. The van der Waals surface area contributed by atoms with E-state index in [2.05, 4.69) is 0 Å². The van der Waals surface area contributed by atoms with Crippen molar-refractivity contribution in [2.45, 2.75) is 25.0 Å². The first-order valence-corrected chi connectivity index (χ1v) is 4.35. The van der Waals surface area contributed by atoms with Crippen LogP contribution in [0.15, 0.2) is 0 Å². The number of carbonyl (C=O) groups excluding carboxylic acids is 1. The lowest BCUT2D eigenvalue weighted by atomic mass is 10.1. The molecular formula is C8H16N2O3. The number of ether oxygens (including phenoxy) is 1. The number of hydrogen-bond acceptors (Lipinski definition) is 4. The van der Waals surface area contributed by atoms with Crippen LogP contribution in [-0.4, -0.2) is 43.9 Å². The molecule has 76 valence electrons. The first-order chi connectivity index (χ1) is 6.16. The largest absolute Gasteiger partial charge is 0.376 e. The minimum absolute atomic E-state index is 0.148. The van der Waals surface area contributed by atoms with Crippen molar-refractivity contribution in [2.75, 3.05) is 20.8 Å². The quantitative estimate of drug-likeness (QED) is 0.607. The minimum Gasteiger partial charge on any atom is -0.376 e. The van der Waals surface area contributed by atoms with Crippen molar-refractivity contribution in [3.63, 3.8) is 0 Å². The van der Waals surface area contributed by atoms with Gasteiger partial charge in [0.1, 0.15) is 6.04 Å². The third-order valence-corrected chi connectivity index (χ3v) is 2.23. The Balaban J connectivity index is 2.45. The van der Waals surface area contributed by atoms with Crippen LogP contribution in [0.3, 0.4) is 0 Å². The molecule has 1 heterocycles. The van der Waals surface area contributed by atoms with Gasteiger partial charge in [-0.15, -0.1) is 0 Å². The minimum atomic E-state index is -0.604. The van der Waals surface area contributed by atoms with Crippen molar-refractivity contribution < 1.29 is 14.4 Å². The van der Waals surface area contributed by atoms with Gasteiger partial charge in [0, 0.05) is 13.7 Å². The van der Waals surface area contributed by atoms with E-state index in [1.807, 2.05) is 0 Å². The van der Waals surface area contributed by atoms with Gasteiger partial charge in [0.25, 0.3) is 5.91 Å². The molecule has 0 saturated carbocycles. The van der Waals surface area contributed by atoms with E-state index in [4.69, 9.17) is 15.3 Å². The second-order valence-corrected chi connectivity index (χ2v) is 3.10. The highest BCUT2D eigenvalue weighted by atomic mass is 16.7. The lowest BCUT2D eigenvalue weighted by Gasteiger charge is -2.22. The maximum absolute atomic E-state index is 11.5. The van der Waals surface area contributed by atoms with Gasteiger partial charge < -0.3 is 10.5 Å². The van der Waals surface area contributed by atoms with Gasteiger partial charge in [-0.1, -0.05) is 0 Å². The monoisotopic (exact) mass is 188 g/mol. The number of nitrogens with two attached hydrogens (primary N) is 1. The fourth-order valence-corrected chi connectivity index (χ4v) is 1.34. The van der Waals surface area contributed by atoms with Gasteiger partial charge in [-0.3, -0.25) is 9.63 Å². The number of amides is 1. The van der Waals surface area contributed by atoms with Gasteiger partial charge in [-0.05, 0) is 12.8 Å². The molecule has 1 rings (SSSR count). The summed E-state index contributed by atoms with van der Waals surface area (Å²) in [5, 5.41) is 1.13. The Hall–Kier alpha value is -0.650. The maximum atomic E-state index is 11.5. The van der Waals surface area contributed by atoms with E-state index in [0.29, 0.717) is 6.61 Å². The van der Waals surface area contributed by atoms with Crippen LogP contribution in [0.1, 0.15) is 12.8 Å². The number of hydrogen-bond donors (Lipinski definition) is 1. The molecule has 13 heavy (non-hydrogen) atoms. The highest BCUT2D eigenvalue weighted by Crippen LogP contribution is 2.15. The molecule has 1 aliphatic rings. The van der Waals surface area contributed by atoms with Crippen molar-refractivity contribution in [1.82, 2.24) is 5.06 Å². The average molecular weight is 188 g/mol. The van der Waals surface area contributed by atoms with E-state index in [9.17, 15) is 4.79 Å². The van der Waals surface area contributed by atoms with Crippen molar-refractivity contribution in [2.24, 2.45) is 5.73 Å². The standard InChI is InChI=1S/C8H16N2O3/c1-10(12-2)8(11)7(9)6-4-3-5-13-6/h6-7H,3-5,9H2,1-2H3/t6-,7+/m0/s1. The molecule has 1 aliphatic heterocycles. The Bertz CT molecular complexity index is 180. The Kier molecular flexibility index (Phi) is 3.65. The maximum Gasteiger partial charge on any atom is 0.265 e. The van der Waals surface area contributed by atoms with Gasteiger partial charge in [0.05, 0.1) is 13.2 Å². The highest BCUT2D eigenvalue weighted by molar-refractivity contribution is 5.81. The van der Waals surface area contributed by atoms with Gasteiger partial charge in [0.15, 0.2) is 0 Å². The van der Waals surface area contributed by atoms with E-state index in [-0.39, 0.29) is 12.0 Å². The summed E-state index contributed by atoms with van der Waals surface area (Å²) in [5.41, 5.74) is 5.70. The first-order valence-electron chi connectivity index (χ1n) is 4.35. The van der Waals surface area contributed by atoms with Crippen molar-refractivity contribution in [1.29, 1.82) is 0 Å². The third-order valence-electron chi connectivity index (χ3n) is 2.23. The lowest BCUT2D eigenvalue weighted by Crippen LogP contribution is -2.48. The molecule has 5 heteroatoms. The van der Waals surface area contributed by atoms with Crippen LogP contribution in [0.25, 0.3) is 0 Å². The number of hydroxylamine groups is 2. The number of likely N-dealkylation sites (N-methyl/N-ethyl adjacent to an activating group) is 1. The van der Waals surface area contributed by atoms with E-state index >= 15 is 0 Å². The van der Waals surface area contributed by atoms with Crippen LogP contribution in [0.4, 0.5) is 0 Å². The van der Waals surface area contributed by atoms with Crippen LogP contribution in [0, 0.1) is 0 Å². The highest BCUT2D eigenvalue weighted by Gasteiger charge is 2.30. The Morgan fingerprint density at radius 1 is 1.77 bits per heavy atom. The van der Waals surface area contributed by atoms with Crippen LogP contribution >= 0.6 is 0 Å². The molecule has 0 radical (unpaired) electrons. The summed E-state index contributed by atoms with van der Waals surface area (Å²) in [7, 11) is 2.97. The van der Waals surface area contributed by atoms with Gasteiger partial charge in [-0.25, -0.2) is 5.06 Å². The molecule has 1 amide bonds. The van der Waals surface area contributed by atoms with Crippen LogP contribution in [0.2, 0.25) is 0 Å². The van der Waals surface area contributed by atoms with Crippen LogP contribution in [0.5, 0.6) is 0 Å². The molecule has 0 bridgehead atoms. The molecular weight excluding hydrogens is 172 g/mol. The average Bonchev–Trinajstić information content (AvgIpc) is 2.67. The van der Waals surface area contributed by atoms with E-state index in [1.54, 1.807) is 0 Å². The zero-order valence-corrected chi connectivity index (χ0v) is 8.03. The van der Waals surface area contributed by atoms with Crippen LogP contribution in [-0.2, 0) is 14.4 Å². The summed E-state index contributed by atoms with van der Waals surface area (Å²) < 4.78 is 5.30. The zero-order chi connectivity index (χ0) is 9.84. The SMILES string of the molecule is CON(C)C(=O)[C@H](N)[C@@H]1CCCO1. The molecule has 0 unspecified atom stereocenters. The fourth-order valence-electron chi connectivity index (χ4n) is 1.34. The molecule has 0 aromatic rings. The summed E-state index contributed by atoms with van der Waals surface area (Å²) in [6, 6.07) is -0.604. The Morgan fingerprint density at radius 2 is 2.46 bits per heavy atom. The summed E-state index contributed by atoms with van der Waals surface area (Å²) in [6.07, 6.45) is 1.68. The topological polar surface area (TPSA) is 64.8 Å². The first kappa shape index (κ1) is 10.4. The lowest BCUT2D eigenvalue weighted by molar-refractivity contribution is -0.172. The van der Waals surface area contributed by atoms with Crippen LogP contribution < -0.4 is 5.73 Å². The van der Waals surface area contributed by atoms with E-state index in [1.165, 1.54) is 14.2 Å². The number of rotatable bonds is 3. The van der Waals surface area contributed by atoms with E-state index in [0.717, 1.165) is 17.9 Å². The Labute approximate surface area is 77.7 Å².